The Balaban J connectivity index is 1.82. The van der Waals surface area contributed by atoms with Crippen molar-refractivity contribution in [2.24, 2.45) is 0 Å². The van der Waals surface area contributed by atoms with Crippen molar-refractivity contribution in [3.63, 3.8) is 0 Å². The molecule has 9 heteroatoms. The number of carbonyl (C=O) groups excluding carboxylic acids is 2. The van der Waals surface area contributed by atoms with Crippen molar-refractivity contribution >= 4 is 39.3 Å². The van der Waals surface area contributed by atoms with Gasteiger partial charge in [0.05, 0.1) is 11.4 Å². The Labute approximate surface area is 162 Å². The smallest absolute Gasteiger partial charge is 0.255 e. The highest BCUT2D eigenvalue weighted by molar-refractivity contribution is 7.98. The third kappa shape index (κ3) is 4.49. The maximum absolute atomic E-state index is 12.8. The Kier molecular flexibility index (Phi) is 5.83. The molecule has 1 heterocycles. The molecule has 2 aromatic rings. The first-order valence-corrected chi connectivity index (χ1v) is 10.9. The first-order chi connectivity index (χ1) is 12.9. The average molecular weight is 406 g/mol. The fourth-order valence-corrected chi connectivity index (χ4v) is 4.57. The number of rotatable bonds is 5. The predicted molar refractivity (Wildman–Crippen MR) is 104 cm³/mol. The van der Waals surface area contributed by atoms with Gasteiger partial charge < -0.3 is 10.6 Å². The van der Waals surface area contributed by atoms with Crippen molar-refractivity contribution in [3.8, 4) is 0 Å². The SMILES string of the molecule is CSc1cccc(NC(=O)c2cccc(S(=O)(=O)N3CCNC(=O)C3)c2)c1. The molecule has 0 saturated carbocycles. The van der Waals surface area contributed by atoms with E-state index in [0.29, 0.717) is 5.69 Å². The number of benzene rings is 2. The molecule has 0 aliphatic carbocycles. The molecule has 142 valence electrons. The number of nitrogens with one attached hydrogen (secondary N) is 2. The fraction of sp³-hybridized carbons (Fsp3) is 0.222. The minimum absolute atomic E-state index is 0.0114. The number of carbonyl (C=O) groups is 2. The second-order valence-corrected chi connectivity index (χ2v) is 8.72. The Morgan fingerprint density at radius 2 is 1.96 bits per heavy atom. The quantitative estimate of drug-likeness (QED) is 0.740. The minimum Gasteiger partial charge on any atom is -0.354 e. The summed E-state index contributed by atoms with van der Waals surface area (Å²) in [7, 11) is -3.85. The van der Waals surface area contributed by atoms with E-state index in [-0.39, 0.29) is 36.0 Å². The Bertz CT molecular complexity index is 976. The van der Waals surface area contributed by atoms with Gasteiger partial charge in [-0.1, -0.05) is 12.1 Å². The van der Waals surface area contributed by atoms with Crippen molar-refractivity contribution in [1.29, 1.82) is 0 Å². The number of sulfonamides is 1. The van der Waals surface area contributed by atoms with Crippen molar-refractivity contribution in [2.45, 2.75) is 9.79 Å². The third-order valence-electron chi connectivity index (χ3n) is 4.06. The summed E-state index contributed by atoms with van der Waals surface area (Å²) in [6.07, 6.45) is 1.94. The summed E-state index contributed by atoms with van der Waals surface area (Å²) in [6.45, 7) is 0.246. The zero-order chi connectivity index (χ0) is 19.4. The van der Waals surface area contributed by atoms with Gasteiger partial charge in [0.15, 0.2) is 0 Å². The molecule has 1 aliphatic rings. The topological polar surface area (TPSA) is 95.6 Å². The number of anilines is 1. The monoisotopic (exact) mass is 405 g/mol. The van der Waals surface area contributed by atoms with Crippen molar-refractivity contribution in [3.05, 3.63) is 54.1 Å². The summed E-state index contributed by atoms with van der Waals surface area (Å²) in [5.41, 5.74) is 0.861. The second-order valence-electron chi connectivity index (χ2n) is 5.90. The van der Waals surface area contributed by atoms with E-state index in [1.165, 1.54) is 18.2 Å². The molecule has 0 bridgehead atoms. The number of amides is 2. The van der Waals surface area contributed by atoms with E-state index < -0.39 is 15.9 Å². The maximum Gasteiger partial charge on any atom is 0.255 e. The molecular formula is C18H19N3O4S2. The molecule has 7 nitrogen and oxygen atoms in total. The molecule has 3 rings (SSSR count). The van der Waals surface area contributed by atoms with Crippen molar-refractivity contribution < 1.29 is 18.0 Å². The van der Waals surface area contributed by atoms with Gasteiger partial charge in [0.2, 0.25) is 15.9 Å². The zero-order valence-electron chi connectivity index (χ0n) is 14.6. The lowest BCUT2D eigenvalue weighted by molar-refractivity contribution is -0.122. The highest BCUT2D eigenvalue weighted by Gasteiger charge is 2.29. The summed E-state index contributed by atoms with van der Waals surface area (Å²) in [5.74, 6) is -0.742. The van der Waals surface area contributed by atoms with Crippen LogP contribution in [0.2, 0.25) is 0 Å². The summed E-state index contributed by atoms with van der Waals surface area (Å²) in [5, 5.41) is 5.36. The van der Waals surface area contributed by atoms with Gasteiger partial charge in [-0.15, -0.1) is 11.8 Å². The van der Waals surface area contributed by atoms with Gasteiger partial charge in [0.1, 0.15) is 0 Å². The van der Waals surface area contributed by atoms with Crippen LogP contribution in [-0.2, 0) is 14.8 Å². The van der Waals surface area contributed by atoms with Gasteiger partial charge in [-0.05, 0) is 42.7 Å². The summed E-state index contributed by atoms with van der Waals surface area (Å²) in [6, 6.07) is 13.2. The lowest BCUT2D eigenvalue weighted by atomic mass is 10.2. The van der Waals surface area contributed by atoms with E-state index in [1.807, 2.05) is 24.5 Å². The third-order valence-corrected chi connectivity index (χ3v) is 6.63. The number of thioether (sulfide) groups is 1. The maximum atomic E-state index is 12.8. The number of nitrogens with zero attached hydrogens (tertiary/aromatic N) is 1. The van der Waals surface area contributed by atoms with Crippen molar-refractivity contribution in [1.82, 2.24) is 9.62 Å². The fourth-order valence-electron chi connectivity index (χ4n) is 2.67. The second kappa shape index (κ2) is 8.12. The first kappa shape index (κ1) is 19.4. The standard InChI is InChI=1S/C18H19N3O4S2/c1-26-15-6-3-5-14(11-15)20-18(23)13-4-2-7-16(10-13)27(24,25)21-9-8-19-17(22)12-21/h2-7,10-11H,8-9,12H2,1H3,(H,19,22)(H,20,23). The molecule has 0 unspecified atom stereocenters. The van der Waals surface area contributed by atoms with Crippen LogP contribution < -0.4 is 10.6 Å². The summed E-state index contributed by atoms with van der Waals surface area (Å²) >= 11 is 1.56. The molecule has 0 spiro atoms. The van der Waals surface area contributed by atoms with Crippen LogP contribution >= 0.6 is 11.8 Å². The van der Waals surface area contributed by atoms with Crippen LogP contribution in [0, 0.1) is 0 Å². The Morgan fingerprint density at radius 3 is 2.70 bits per heavy atom. The van der Waals surface area contributed by atoms with E-state index in [4.69, 9.17) is 0 Å². The van der Waals surface area contributed by atoms with E-state index in [9.17, 15) is 18.0 Å². The first-order valence-electron chi connectivity index (χ1n) is 8.22. The Hall–Kier alpha value is -2.36. The van der Waals surface area contributed by atoms with E-state index in [0.717, 1.165) is 9.20 Å². The average Bonchev–Trinajstić information content (AvgIpc) is 2.68. The largest absolute Gasteiger partial charge is 0.354 e. The highest BCUT2D eigenvalue weighted by atomic mass is 32.2. The molecule has 1 saturated heterocycles. The molecule has 27 heavy (non-hydrogen) atoms. The molecule has 0 radical (unpaired) electrons. The number of piperazine rings is 1. The van der Waals surface area contributed by atoms with Crippen LogP contribution in [0.4, 0.5) is 5.69 Å². The van der Waals surface area contributed by atoms with Crippen LogP contribution in [-0.4, -0.2) is 50.4 Å². The van der Waals surface area contributed by atoms with Crippen LogP contribution in [0.25, 0.3) is 0 Å². The van der Waals surface area contributed by atoms with E-state index in [1.54, 1.807) is 23.9 Å². The van der Waals surface area contributed by atoms with E-state index in [2.05, 4.69) is 10.6 Å². The molecule has 0 aromatic heterocycles. The zero-order valence-corrected chi connectivity index (χ0v) is 16.3. The highest BCUT2D eigenvalue weighted by Crippen LogP contribution is 2.21. The molecule has 2 N–H and O–H groups in total. The summed E-state index contributed by atoms with van der Waals surface area (Å²) in [4.78, 5) is 25.0. The van der Waals surface area contributed by atoms with Crippen LogP contribution in [0.3, 0.4) is 0 Å². The lowest BCUT2D eigenvalue weighted by Crippen LogP contribution is -2.49. The molecular weight excluding hydrogens is 386 g/mol. The van der Waals surface area contributed by atoms with Gasteiger partial charge in [0.25, 0.3) is 5.91 Å². The van der Waals surface area contributed by atoms with Gasteiger partial charge in [-0.25, -0.2) is 8.42 Å². The normalized spacial score (nSPS) is 15.2. The predicted octanol–water partition coefficient (Wildman–Crippen LogP) is 1.78. The number of hydrogen-bond donors (Lipinski definition) is 2. The molecule has 2 amide bonds. The van der Waals surface area contributed by atoms with Crippen LogP contribution in [0.15, 0.2) is 58.3 Å². The molecule has 0 atom stereocenters. The van der Waals surface area contributed by atoms with Crippen molar-refractivity contribution in [2.75, 3.05) is 31.2 Å². The summed E-state index contributed by atoms with van der Waals surface area (Å²) < 4.78 is 26.6. The molecule has 1 aliphatic heterocycles. The molecule has 2 aromatic carbocycles. The van der Waals surface area contributed by atoms with Crippen LogP contribution in [0.5, 0.6) is 0 Å². The van der Waals surface area contributed by atoms with Crippen LogP contribution in [0.1, 0.15) is 10.4 Å². The number of hydrogen-bond acceptors (Lipinski definition) is 5. The molecule has 1 fully saturated rings. The Morgan fingerprint density at radius 1 is 1.19 bits per heavy atom. The van der Waals surface area contributed by atoms with E-state index >= 15 is 0 Å². The van der Waals surface area contributed by atoms with Gasteiger partial charge in [-0.3, -0.25) is 9.59 Å². The van der Waals surface area contributed by atoms with Gasteiger partial charge in [-0.2, -0.15) is 4.31 Å². The van der Waals surface area contributed by atoms with Gasteiger partial charge in [0, 0.05) is 29.2 Å². The van der Waals surface area contributed by atoms with Gasteiger partial charge >= 0.3 is 0 Å². The lowest BCUT2D eigenvalue weighted by Gasteiger charge is -2.26. The minimum atomic E-state index is -3.85.